The number of H-pyrrole nitrogens is 1. The summed E-state index contributed by atoms with van der Waals surface area (Å²) in [6, 6.07) is 8.37. The summed E-state index contributed by atoms with van der Waals surface area (Å²) in [6.45, 7) is 5.34. The van der Waals surface area contributed by atoms with E-state index in [-0.39, 0.29) is 0 Å². The zero-order chi connectivity index (χ0) is 27.6. The third kappa shape index (κ3) is 5.37. The summed E-state index contributed by atoms with van der Waals surface area (Å²) in [5.74, 6) is 2.98. The molecular weight excluding hydrogens is 504 g/mol. The summed E-state index contributed by atoms with van der Waals surface area (Å²) in [5, 5.41) is 2.55. The van der Waals surface area contributed by atoms with E-state index in [1.54, 1.807) is 6.33 Å². The summed E-state index contributed by atoms with van der Waals surface area (Å²) in [5.41, 5.74) is 8.41. The average molecular weight is 541 g/mol. The number of carbonyl (C=O) groups excluding carboxylic acids is 1. The molecule has 2 N–H and O–H groups in total. The molecule has 6 rings (SSSR count). The molecule has 9 nitrogen and oxygen atoms in total. The highest BCUT2D eigenvalue weighted by Gasteiger charge is 2.27. The van der Waals surface area contributed by atoms with Gasteiger partial charge in [0.05, 0.1) is 19.2 Å². The van der Waals surface area contributed by atoms with Gasteiger partial charge in [0.15, 0.2) is 5.65 Å². The zero-order valence-corrected chi connectivity index (χ0v) is 23.4. The maximum atomic E-state index is 11.5. The topological polar surface area (TPSA) is 115 Å². The van der Waals surface area contributed by atoms with Crippen LogP contribution in [0.25, 0.3) is 22.3 Å². The number of rotatable bonds is 5. The van der Waals surface area contributed by atoms with E-state index in [2.05, 4.69) is 62.0 Å². The van der Waals surface area contributed by atoms with Crippen molar-refractivity contribution in [2.45, 2.75) is 58.8 Å². The third-order valence-electron chi connectivity index (χ3n) is 8.67. The maximum absolute atomic E-state index is 11.5. The Morgan fingerprint density at radius 3 is 2.90 bits per heavy atom. The number of hydrogen-bond donors (Lipinski definition) is 2. The number of fused-ring (bicyclic) bond motifs is 3. The van der Waals surface area contributed by atoms with Gasteiger partial charge in [-0.15, -0.1) is 0 Å². The number of nitrogens with one attached hydrogen (secondary N) is 2. The molecule has 0 bridgehead atoms. The number of hydrogen-bond acceptors (Lipinski definition) is 7. The highest BCUT2D eigenvalue weighted by Crippen LogP contribution is 2.36. The lowest BCUT2D eigenvalue weighted by atomic mass is 9.79. The van der Waals surface area contributed by atoms with Crippen LogP contribution in [0.2, 0.25) is 0 Å². The van der Waals surface area contributed by atoms with Gasteiger partial charge in [-0.2, -0.15) is 4.98 Å². The number of pyridine rings is 1. The molecular formula is C31H36N6O3. The van der Waals surface area contributed by atoms with Crippen molar-refractivity contribution in [1.29, 1.82) is 0 Å². The third-order valence-corrected chi connectivity index (χ3v) is 8.67. The number of nitrogens with zero attached hydrogens (tertiary/aromatic N) is 4. The molecule has 3 unspecified atom stereocenters. The van der Waals surface area contributed by atoms with Crippen LogP contribution in [-0.4, -0.2) is 44.7 Å². The van der Waals surface area contributed by atoms with Gasteiger partial charge in [-0.3, -0.25) is 5.32 Å². The monoisotopic (exact) mass is 540 g/mol. The van der Waals surface area contributed by atoms with E-state index < -0.39 is 6.09 Å². The first-order chi connectivity index (χ1) is 19.5. The number of imidazole rings is 1. The van der Waals surface area contributed by atoms with E-state index in [4.69, 9.17) is 9.72 Å². The van der Waals surface area contributed by atoms with Crippen LogP contribution in [0, 0.1) is 17.8 Å². The highest BCUT2D eigenvalue weighted by atomic mass is 16.5. The lowest BCUT2D eigenvalue weighted by molar-refractivity contribution is 0.186. The van der Waals surface area contributed by atoms with Gasteiger partial charge in [-0.05, 0) is 91.2 Å². The minimum Gasteiger partial charge on any atom is -0.493 e. The van der Waals surface area contributed by atoms with Gasteiger partial charge in [-0.25, -0.2) is 19.7 Å². The highest BCUT2D eigenvalue weighted by molar-refractivity contribution is 5.86. The number of carbonyl (C=O) groups is 1. The number of anilines is 1. The summed E-state index contributed by atoms with van der Waals surface area (Å²) in [7, 11) is 1.31. The Morgan fingerprint density at radius 2 is 2.05 bits per heavy atom. The molecule has 1 aliphatic carbocycles. The summed E-state index contributed by atoms with van der Waals surface area (Å²) >= 11 is 0. The molecule has 1 amide bonds. The van der Waals surface area contributed by atoms with E-state index in [9.17, 15) is 4.79 Å². The quantitative estimate of drug-likeness (QED) is 0.322. The van der Waals surface area contributed by atoms with E-state index in [0.717, 1.165) is 60.4 Å². The first-order valence-corrected chi connectivity index (χ1v) is 14.3. The molecule has 1 aromatic carbocycles. The Balaban J connectivity index is 1.21. The molecule has 3 aromatic heterocycles. The van der Waals surface area contributed by atoms with Crippen molar-refractivity contribution in [2.75, 3.05) is 19.0 Å². The van der Waals surface area contributed by atoms with Crippen molar-refractivity contribution in [1.82, 2.24) is 24.9 Å². The zero-order valence-electron chi connectivity index (χ0n) is 23.4. The molecule has 208 valence electrons. The van der Waals surface area contributed by atoms with Crippen molar-refractivity contribution in [2.24, 2.45) is 17.8 Å². The fraction of sp³-hybridized carbons (Fsp3) is 0.452. The van der Waals surface area contributed by atoms with Gasteiger partial charge in [0.1, 0.15) is 12.1 Å². The number of benzene rings is 1. The van der Waals surface area contributed by atoms with E-state index >= 15 is 0 Å². The van der Waals surface area contributed by atoms with Gasteiger partial charge >= 0.3 is 6.09 Å². The average Bonchev–Trinajstić information content (AvgIpc) is 3.37. The molecule has 4 heterocycles. The van der Waals surface area contributed by atoms with Gasteiger partial charge in [0.2, 0.25) is 5.95 Å². The Kier molecular flexibility index (Phi) is 7.36. The maximum Gasteiger partial charge on any atom is 0.413 e. The predicted octanol–water partition coefficient (Wildman–Crippen LogP) is 5.93. The molecule has 4 aromatic rings. The lowest BCUT2D eigenvalue weighted by Crippen LogP contribution is -2.25. The van der Waals surface area contributed by atoms with Crippen molar-refractivity contribution < 1.29 is 14.3 Å². The van der Waals surface area contributed by atoms with Gasteiger partial charge in [0.25, 0.3) is 0 Å². The molecule has 0 saturated carbocycles. The van der Waals surface area contributed by atoms with Crippen LogP contribution in [0.1, 0.15) is 55.6 Å². The van der Waals surface area contributed by atoms with E-state index in [1.165, 1.54) is 42.5 Å². The second-order valence-corrected chi connectivity index (χ2v) is 11.2. The van der Waals surface area contributed by atoms with Crippen LogP contribution in [0.4, 0.5) is 10.7 Å². The number of methoxy groups -OCH3 is 1. The Bertz CT molecular complexity index is 1530. The fourth-order valence-corrected chi connectivity index (χ4v) is 6.20. The molecule has 3 atom stereocenters. The molecule has 40 heavy (non-hydrogen) atoms. The minimum absolute atomic E-state index is 0.299. The van der Waals surface area contributed by atoms with Crippen LogP contribution in [-0.2, 0) is 30.4 Å². The largest absolute Gasteiger partial charge is 0.493 e. The first kappa shape index (κ1) is 26.2. The van der Waals surface area contributed by atoms with Gasteiger partial charge in [-0.1, -0.05) is 26.3 Å². The van der Waals surface area contributed by atoms with Crippen LogP contribution < -0.4 is 10.1 Å². The smallest absolute Gasteiger partial charge is 0.413 e. The van der Waals surface area contributed by atoms with Crippen molar-refractivity contribution in [3.8, 4) is 16.9 Å². The number of aromatic amines is 1. The standard InChI is InChI=1S/C31H36N6O3/c1-4-19-5-7-24-25(12-19)33-17-34-26(24)14-20-9-10-40-28-8-6-21(13-22(28)11-18(20)2)23-15-27-29(32-16-23)36-30(35-27)37-31(38)39-3/h6,8,13,15-20H,4-5,7,9-12,14H2,1-3H3,(H2,32,35,36,37,38). The molecule has 0 spiro atoms. The Hall–Kier alpha value is -4.01. The Labute approximate surface area is 234 Å². The molecule has 1 aliphatic heterocycles. The van der Waals surface area contributed by atoms with Crippen molar-refractivity contribution in [3.05, 3.63) is 59.3 Å². The molecule has 9 heteroatoms. The fourth-order valence-electron chi connectivity index (χ4n) is 6.20. The van der Waals surface area contributed by atoms with E-state index in [0.29, 0.717) is 30.0 Å². The minimum atomic E-state index is -0.585. The van der Waals surface area contributed by atoms with Gasteiger partial charge in [0, 0.05) is 23.1 Å². The second kappa shape index (κ2) is 11.2. The summed E-state index contributed by atoms with van der Waals surface area (Å²) in [6.07, 6.45) is 10.6. The Morgan fingerprint density at radius 1 is 1.15 bits per heavy atom. The summed E-state index contributed by atoms with van der Waals surface area (Å²) < 4.78 is 10.9. The normalized spacial score (nSPS) is 20.5. The predicted molar refractivity (Wildman–Crippen MR) is 153 cm³/mol. The van der Waals surface area contributed by atoms with Crippen molar-refractivity contribution in [3.63, 3.8) is 0 Å². The lowest BCUT2D eigenvalue weighted by Gasteiger charge is -2.30. The van der Waals surface area contributed by atoms with Crippen molar-refractivity contribution >= 4 is 23.2 Å². The molecule has 0 saturated heterocycles. The number of aromatic nitrogens is 5. The van der Waals surface area contributed by atoms with Crippen LogP contribution in [0.15, 0.2) is 36.8 Å². The van der Waals surface area contributed by atoms with Crippen LogP contribution in [0.3, 0.4) is 0 Å². The molecule has 0 fully saturated rings. The first-order valence-electron chi connectivity index (χ1n) is 14.3. The van der Waals surface area contributed by atoms with Crippen LogP contribution >= 0.6 is 0 Å². The van der Waals surface area contributed by atoms with E-state index in [1.807, 2.05) is 12.3 Å². The van der Waals surface area contributed by atoms with Gasteiger partial charge < -0.3 is 14.5 Å². The molecule has 0 radical (unpaired) electrons. The molecule has 2 aliphatic rings. The number of amides is 1. The summed E-state index contributed by atoms with van der Waals surface area (Å²) in [4.78, 5) is 32.9. The van der Waals surface area contributed by atoms with Crippen LogP contribution in [0.5, 0.6) is 5.75 Å². The second-order valence-electron chi connectivity index (χ2n) is 11.2. The SMILES string of the molecule is CCC1CCc2c(ncnc2CC2CCOc3ccc(-c4cnc5nc(NC(=O)OC)[nH]c5c4)cc3CC2C)C1. The number of ether oxygens (including phenoxy) is 2.